The van der Waals surface area contributed by atoms with Gasteiger partial charge in [0.15, 0.2) is 0 Å². The van der Waals surface area contributed by atoms with Crippen LogP contribution in [0.1, 0.15) is 57.5 Å². The van der Waals surface area contributed by atoms with E-state index in [0.29, 0.717) is 5.92 Å². The summed E-state index contributed by atoms with van der Waals surface area (Å²) in [6, 6.07) is 0.730. The topological polar surface area (TPSA) is 41.1 Å². The predicted molar refractivity (Wildman–Crippen MR) is 82.0 cm³/mol. The first-order valence-electron chi connectivity index (χ1n) is 8.02. The second-order valence-corrected chi connectivity index (χ2v) is 6.48. The molecule has 1 N–H and O–H groups in total. The fraction of sp³-hybridized carbons (Fsp3) is 0.750. The fourth-order valence-corrected chi connectivity index (χ4v) is 3.54. The van der Waals surface area contributed by atoms with E-state index in [1.54, 1.807) is 0 Å². The minimum atomic E-state index is 0.388. The summed E-state index contributed by atoms with van der Waals surface area (Å²) in [4.78, 5) is 12.0. The van der Waals surface area contributed by atoms with Crippen LogP contribution in [0, 0.1) is 5.92 Å². The molecule has 4 nitrogen and oxygen atoms in total. The zero-order valence-electron chi connectivity index (χ0n) is 12.9. The summed E-state index contributed by atoms with van der Waals surface area (Å²) < 4.78 is 0. The van der Waals surface area contributed by atoms with Crippen molar-refractivity contribution in [3.63, 3.8) is 0 Å². The molecule has 4 heteroatoms. The highest BCUT2D eigenvalue weighted by molar-refractivity contribution is 5.52. The Balaban J connectivity index is 1.88. The SMILES string of the molecule is CCNCc1nc(C(C)C)ncc1N1CC2CCC1C2. The quantitative estimate of drug-likeness (QED) is 0.896. The van der Waals surface area contributed by atoms with Crippen molar-refractivity contribution in [2.75, 3.05) is 18.0 Å². The first-order chi connectivity index (χ1) is 9.69. The number of hydrogen-bond donors (Lipinski definition) is 1. The summed E-state index contributed by atoms with van der Waals surface area (Å²) in [5, 5.41) is 3.42. The van der Waals surface area contributed by atoms with Crippen molar-refractivity contribution >= 4 is 5.69 Å². The standard InChI is InChI=1S/C16H26N4/c1-4-17-8-14-15(9-18-16(19-14)11(2)3)20-10-12-5-6-13(20)7-12/h9,11-13,17H,4-8,10H2,1-3H3. The Kier molecular flexibility index (Phi) is 3.92. The summed E-state index contributed by atoms with van der Waals surface area (Å²) >= 11 is 0. The average molecular weight is 274 g/mol. The minimum absolute atomic E-state index is 0.388. The first-order valence-corrected chi connectivity index (χ1v) is 8.02. The van der Waals surface area contributed by atoms with Gasteiger partial charge in [0.2, 0.25) is 0 Å². The third-order valence-corrected chi connectivity index (χ3v) is 4.64. The maximum atomic E-state index is 4.82. The van der Waals surface area contributed by atoms with Crippen molar-refractivity contribution in [3.8, 4) is 0 Å². The lowest BCUT2D eigenvalue weighted by atomic mass is 10.1. The third-order valence-electron chi connectivity index (χ3n) is 4.64. The zero-order chi connectivity index (χ0) is 14.1. The van der Waals surface area contributed by atoms with E-state index in [9.17, 15) is 0 Å². The van der Waals surface area contributed by atoms with Crippen LogP contribution in [0.3, 0.4) is 0 Å². The Labute approximate surface area is 122 Å². The van der Waals surface area contributed by atoms with Crippen LogP contribution in [0.2, 0.25) is 0 Å². The maximum absolute atomic E-state index is 4.82. The molecule has 1 aliphatic heterocycles. The van der Waals surface area contributed by atoms with Crippen LogP contribution in [0.5, 0.6) is 0 Å². The number of nitrogens with zero attached hydrogens (tertiary/aromatic N) is 3. The molecule has 0 spiro atoms. The molecule has 1 aliphatic carbocycles. The summed E-state index contributed by atoms with van der Waals surface area (Å²) in [5.74, 6) is 2.25. The van der Waals surface area contributed by atoms with Crippen molar-refractivity contribution in [3.05, 3.63) is 17.7 Å². The van der Waals surface area contributed by atoms with Gasteiger partial charge >= 0.3 is 0 Å². The average Bonchev–Trinajstić information content (AvgIpc) is 3.07. The summed E-state index contributed by atoms with van der Waals surface area (Å²) in [5.41, 5.74) is 2.45. The number of rotatable bonds is 5. The summed E-state index contributed by atoms with van der Waals surface area (Å²) in [6.07, 6.45) is 6.19. The zero-order valence-corrected chi connectivity index (χ0v) is 12.9. The van der Waals surface area contributed by atoms with Gasteiger partial charge in [-0.05, 0) is 31.7 Å². The summed E-state index contributed by atoms with van der Waals surface area (Å²) in [6.45, 7) is 9.48. The molecule has 1 aromatic heterocycles. The summed E-state index contributed by atoms with van der Waals surface area (Å²) in [7, 11) is 0. The van der Waals surface area contributed by atoms with E-state index < -0.39 is 0 Å². The lowest BCUT2D eigenvalue weighted by Crippen LogP contribution is -2.33. The van der Waals surface area contributed by atoms with E-state index in [1.165, 1.54) is 37.2 Å². The number of fused-ring (bicyclic) bond motifs is 2. The molecule has 2 bridgehead atoms. The molecule has 2 heterocycles. The van der Waals surface area contributed by atoms with Crippen molar-refractivity contribution in [2.24, 2.45) is 5.92 Å². The predicted octanol–water partition coefficient (Wildman–Crippen LogP) is 2.70. The largest absolute Gasteiger partial charge is 0.365 e. The van der Waals surface area contributed by atoms with Gasteiger partial charge in [-0.1, -0.05) is 20.8 Å². The molecule has 0 aromatic carbocycles. The Morgan fingerprint density at radius 3 is 2.85 bits per heavy atom. The van der Waals surface area contributed by atoms with E-state index in [4.69, 9.17) is 4.98 Å². The van der Waals surface area contributed by atoms with Crippen molar-refractivity contribution in [2.45, 2.75) is 58.5 Å². The van der Waals surface area contributed by atoms with Crippen molar-refractivity contribution < 1.29 is 0 Å². The van der Waals surface area contributed by atoms with Crippen LogP contribution in [-0.4, -0.2) is 29.1 Å². The fourth-order valence-electron chi connectivity index (χ4n) is 3.54. The Morgan fingerprint density at radius 1 is 1.40 bits per heavy atom. The molecule has 0 radical (unpaired) electrons. The van der Waals surface area contributed by atoms with Gasteiger partial charge in [-0.15, -0.1) is 0 Å². The number of hydrogen-bond acceptors (Lipinski definition) is 4. The molecule has 2 fully saturated rings. The second-order valence-electron chi connectivity index (χ2n) is 6.48. The molecule has 20 heavy (non-hydrogen) atoms. The number of piperidine rings is 1. The van der Waals surface area contributed by atoms with Crippen LogP contribution < -0.4 is 10.2 Å². The molecule has 110 valence electrons. The van der Waals surface area contributed by atoms with Crippen LogP contribution in [0.4, 0.5) is 5.69 Å². The van der Waals surface area contributed by atoms with Gasteiger partial charge in [0.25, 0.3) is 0 Å². The first kappa shape index (κ1) is 13.8. The molecule has 2 unspecified atom stereocenters. The Bertz CT molecular complexity index is 472. The van der Waals surface area contributed by atoms with E-state index in [2.05, 4.69) is 42.2 Å². The highest BCUT2D eigenvalue weighted by atomic mass is 15.2. The number of nitrogens with one attached hydrogen (secondary N) is 1. The molecular weight excluding hydrogens is 248 g/mol. The van der Waals surface area contributed by atoms with Crippen molar-refractivity contribution in [1.29, 1.82) is 0 Å². The Morgan fingerprint density at radius 2 is 2.25 bits per heavy atom. The molecule has 1 saturated heterocycles. The van der Waals surface area contributed by atoms with Gasteiger partial charge in [-0.2, -0.15) is 0 Å². The molecule has 1 saturated carbocycles. The van der Waals surface area contributed by atoms with Gasteiger partial charge in [0.1, 0.15) is 5.82 Å². The molecule has 2 atom stereocenters. The van der Waals surface area contributed by atoms with E-state index >= 15 is 0 Å². The molecule has 2 aliphatic rings. The lowest BCUT2D eigenvalue weighted by Gasteiger charge is -2.30. The van der Waals surface area contributed by atoms with Gasteiger partial charge in [0.05, 0.1) is 17.6 Å². The highest BCUT2D eigenvalue weighted by Crippen LogP contribution is 2.40. The van der Waals surface area contributed by atoms with Gasteiger partial charge in [-0.25, -0.2) is 9.97 Å². The smallest absolute Gasteiger partial charge is 0.131 e. The number of aromatic nitrogens is 2. The van der Waals surface area contributed by atoms with E-state index in [-0.39, 0.29) is 0 Å². The third kappa shape index (κ3) is 2.53. The highest BCUT2D eigenvalue weighted by Gasteiger charge is 2.38. The van der Waals surface area contributed by atoms with Crippen LogP contribution in [0.15, 0.2) is 6.20 Å². The van der Waals surface area contributed by atoms with Crippen LogP contribution in [0.25, 0.3) is 0 Å². The lowest BCUT2D eigenvalue weighted by molar-refractivity contribution is 0.549. The monoisotopic (exact) mass is 274 g/mol. The van der Waals surface area contributed by atoms with Gasteiger partial charge in [0, 0.05) is 25.0 Å². The van der Waals surface area contributed by atoms with Crippen LogP contribution in [-0.2, 0) is 6.54 Å². The van der Waals surface area contributed by atoms with E-state index in [1.807, 2.05) is 0 Å². The molecular formula is C16H26N4. The van der Waals surface area contributed by atoms with Gasteiger partial charge in [-0.3, -0.25) is 0 Å². The second kappa shape index (κ2) is 5.68. The molecule has 3 rings (SSSR count). The van der Waals surface area contributed by atoms with Gasteiger partial charge < -0.3 is 10.2 Å². The minimum Gasteiger partial charge on any atom is -0.365 e. The number of anilines is 1. The normalized spacial score (nSPS) is 24.9. The van der Waals surface area contributed by atoms with Crippen LogP contribution >= 0.6 is 0 Å². The van der Waals surface area contributed by atoms with E-state index in [0.717, 1.165) is 30.9 Å². The maximum Gasteiger partial charge on any atom is 0.131 e. The van der Waals surface area contributed by atoms with Crippen molar-refractivity contribution in [1.82, 2.24) is 15.3 Å². The molecule has 1 aromatic rings. The Hall–Kier alpha value is -1.16. The molecule has 0 amide bonds.